The summed E-state index contributed by atoms with van der Waals surface area (Å²) in [5, 5.41) is 7.87. The molecule has 0 aromatic heterocycles. The van der Waals surface area contributed by atoms with E-state index < -0.39 is 17.8 Å². The Hall–Kier alpha value is -1.59. The largest absolute Gasteiger partial charge is 0.473 e. The van der Waals surface area contributed by atoms with Crippen molar-refractivity contribution < 1.29 is 24.3 Å². The van der Waals surface area contributed by atoms with E-state index in [1.54, 1.807) is 5.48 Å². The standard InChI is InChI=1S/C4H5NO5/c1-2(6)5-10-4(9)3(7)8/h1H3,(H,5,6)(H,7,8). The van der Waals surface area contributed by atoms with Gasteiger partial charge in [-0.3, -0.25) is 4.79 Å². The highest BCUT2D eigenvalue weighted by Crippen LogP contribution is 1.72. The predicted molar refractivity (Wildman–Crippen MR) is 27.5 cm³/mol. The molecule has 56 valence electrons. The molecule has 10 heavy (non-hydrogen) atoms. The first-order chi connectivity index (χ1) is 4.54. The number of carboxylic acids is 1. The highest BCUT2D eigenvalue weighted by molar-refractivity contribution is 6.28. The summed E-state index contributed by atoms with van der Waals surface area (Å²) < 4.78 is 0. The Kier molecular flexibility index (Phi) is 2.89. The van der Waals surface area contributed by atoms with Crippen molar-refractivity contribution in [1.29, 1.82) is 0 Å². The minimum Gasteiger partial charge on any atom is -0.473 e. The molecule has 0 spiro atoms. The van der Waals surface area contributed by atoms with Crippen molar-refractivity contribution in [3.8, 4) is 0 Å². The minimum atomic E-state index is -1.76. The lowest BCUT2D eigenvalue weighted by atomic mass is 10.7. The van der Waals surface area contributed by atoms with Gasteiger partial charge in [-0.25, -0.2) is 9.59 Å². The summed E-state index contributed by atoms with van der Waals surface area (Å²) in [4.78, 5) is 33.4. The molecular weight excluding hydrogens is 142 g/mol. The summed E-state index contributed by atoms with van der Waals surface area (Å²) in [5.41, 5.74) is 1.56. The molecule has 0 aromatic rings. The fourth-order valence-electron chi connectivity index (χ4n) is 0.162. The number of aliphatic carboxylic acids is 1. The van der Waals surface area contributed by atoms with Gasteiger partial charge in [0.25, 0.3) is 0 Å². The van der Waals surface area contributed by atoms with E-state index in [4.69, 9.17) is 5.11 Å². The first-order valence-electron chi connectivity index (χ1n) is 2.24. The Bertz CT molecular complexity index is 174. The normalized spacial score (nSPS) is 8.10. The van der Waals surface area contributed by atoms with Crippen LogP contribution in [-0.4, -0.2) is 23.0 Å². The third-order valence-corrected chi connectivity index (χ3v) is 0.462. The molecule has 0 aliphatic carbocycles. The Balaban J connectivity index is 3.60. The van der Waals surface area contributed by atoms with E-state index in [9.17, 15) is 14.4 Å². The molecule has 0 saturated heterocycles. The lowest BCUT2D eigenvalue weighted by molar-refractivity contribution is -0.170. The second-order valence-corrected chi connectivity index (χ2v) is 1.35. The van der Waals surface area contributed by atoms with E-state index in [0.717, 1.165) is 6.92 Å². The van der Waals surface area contributed by atoms with Crippen LogP contribution in [0.3, 0.4) is 0 Å². The summed E-state index contributed by atoms with van der Waals surface area (Å²) in [5.74, 6) is -3.92. The second kappa shape index (κ2) is 3.44. The molecule has 6 nitrogen and oxygen atoms in total. The van der Waals surface area contributed by atoms with Gasteiger partial charge in [0.1, 0.15) is 0 Å². The van der Waals surface area contributed by atoms with Crippen LogP contribution in [0.25, 0.3) is 0 Å². The lowest BCUT2D eigenvalue weighted by Gasteiger charge is -1.97. The van der Waals surface area contributed by atoms with Gasteiger partial charge in [0, 0.05) is 6.92 Å². The van der Waals surface area contributed by atoms with Gasteiger partial charge in [0.2, 0.25) is 5.91 Å². The molecule has 0 radical (unpaired) electrons. The SMILES string of the molecule is CC(=O)NOC(=O)C(=O)O. The number of amides is 1. The number of hydroxylamine groups is 1. The zero-order chi connectivity index (χ0) is 8.15. The Morgan fingerprint density at radius 3 is 2.20 bits per heavy atom. The Labute approximate surface area is 55.7 Å². The highest BCUT2D eigenvalue weighted by atomic mass is 16.7. The average molecular weight is 147 g/mol. The maximum absolute atomic E-state index is 10.0. The summed E-state index contributed by atoms with van der Waals surface area (Å²) in [6, 6.07) is 0. The van der Waals surface area contributed by atoms with Crippen LogP contribution in [-0.2, 0) is 19.2 Å². The minimum absolute atomic E-state index is 0.644. The van der Waals surface area contributed by atoms with Crippen molar-refractivity contribution in [3.63, 3.8) is 0 Å². The van der Waals surface area contributed by atoms with Gasteiger partial charge in [-0.1, -0.05) is 0 Å². The number of hydrogen-bond acceptors (Lipinski definition) is 4. The topological polar surface area (TPSA) is 92.7 Å². The van der Waals surface area contributed by atoms with E-state index in [1.165, 1.54) is 0 Å². The third-order valence-electron chi connectivity index (χ3n) is 0.462. The van der Waals surface area contributed by atoms with Gasteiger partial charge in [-0.2, -0.15) is 5.48 Å². The molecule has 2 N–H and O–H groups in total. The first kappa shape index (κ1) is 8.41. The van der Waals surface area contributed by atoms with Crippen molar-refractivity contribution in [2.24, 2.45) is 0 Å². The van der Waals surface area contributed by atoms with Crippen LogP contribution < -0.4 is 5.48 Å². The van der Waals surface area contributed by atoms with Crippen molar-refractivity contribution in [1.82, 2.24) is 5.48 Å². The summed E-state index contributed by atoms with van der Waals surface area (Å²) in [6.45, 7) is 1.08. The Morgan fingerprint density at radius 1 is 1.40 bits per heavy atom. The molecule has 6 heteroatoms. The maximum Gasteiger partial charge on any atom is 0.441 e. The van der Waals surface area contributed by atoms with Crippen molar-refractivity contribution in [2.45, 2.75) is 6.92 Å². The number of carbonyl (C=O) groups is 3. The molecule has 0 rings (SSSR count). The van der Waals surface area contributed by atoms with Gasteiger partial charge in [0.05, 0.1) is 0 Å². The van der Waals surface area contributed by atoms with Crippen LogP contribution in [0.4, 0.5) is 0 Å². The van der Waals surface area contributed by atoms with E-state index in [-0.39, 0.29) is 0 Å². The molecule has 0 aliphatic heterocycles. The summed E-state index contributed by atoms with van der Waals surface area (Å²) >= 11 is 0. The fraction of sp³-hybridized carbons (Fsp3) is 0.250. The first-order valence-corrected chi connectivity index (χ1v) is 2.24. The quantitative estimate of drug-likeness (QED) is 0.327. The molecule has 0 atom stereocenters. The second-order valence-electron chi connectivity index (χ2n) is 1.35. The number of rotatable bonds is 0. The monoisotopic (exact) mass is 147 g/mol. The lowest BCUT2D eigenvalue weighted by Crippen LogP contribution is -2.28. The van der Waals surface area contributed by atoms with E-state index in [0.29, 0.717) is 0 Å². The molecule has 0 bridgehead atoms. The van der Waals surface area contributed by atoms with E-state index in [1.807, 2.05) is 0 Å². The molecule has 0 unspecified atom stereocenters. The maximum atomic E-state index is 10.0. The van der Waals surface area contributed by atoms with Crippen LogP contribution in [0.1, 0.15) is 6.92 Å². The highest BCUT2D eigenvalue weighted by Gasteiger charge is 2.13. The molecule has 0 aromatic carbocycles. The van der Waals surface area contributed by atoms with Gasteiger partial charge in [-0.05, 0) is 0 Å². The molecule has 0 aliphatic rings. The van der Waals surface area contributed by atoms with Crippen molar-refractivity contribution in [3.05, 3.63) is 0 Å². The smallest absolute Gasteiger partial charge is 0.441 e. The Morgan fingerprint density at radius 2 is 1.90 bits per heavy atom. The number of carboxylic acid groups (broad SMARTS) is 1. The van der Waals surface area contributed by atoms with Crippen LogP contribution in [0.2, 0.25) is 0 Å². The molecule has 1 amide bonds. The van der Waals surface area contributed by atoms with Crippen molar-refractivity contribution >= 4 is 17.8 Å². The van der Waals surface area contributed by atoms with E-state index >= 15 is 0 Å². The summed E-state index contributed by atoms with van der Waals surface area (Å²) in [7, 11) is 0. The third kappa shape index (κ3) is 3.42. The summed E-state index contributed by atoms with van der Waals surface area (Å²) in [6.07, 6.45) is 0. The molecular formula is C4H5NO5. The van der Waals surface area contributed by atoms with Crippen LogP contribution in [0, 0.1) is 0 Å². The van der Waals surface area contributed by atoms with E-state index in [2.05, 4.69) is 4.84 Å². The molecule has 0 heterocycles. The number of carbonyl (C=O) groups excluding carboxylic acids is 2. The molecule has 0 saturated carbocycles. The average Bonchev–Trinajstić information content (AvgIpc) is 1.82. The zero-order valence-electron chi connectivity index (χ0n) is 5.08. The number of nitrogens with one attached hydrogen (secondary N) is 1. The number of hydrogen-bond donors (Lipinski definition) is 2. The van der Waals surface area contributed by atoms with Gasteiger partial charge < -0.3 is 9.94 Å². The van der Waals surface area contributed by atoms with Crippen LogP contribution in [0.5, 0.6) is 0 Å². The predicted octanol–water partition coefficient (Wildman–Crippen LogP) is -1.33. The zero-order valence-corrected chi connectivity index (χ0v) is 5.08. The molecule has 0 fully saturated rings. The van der Waals surface area contributed by atoms with Gasteiger partial charge in [0.15, 0.2) is 0 Å². The fourth-order valence-corrected chi connectivity index (χ4v) is 0.162. The van der Waals surface area contributed by atoms with Gasteiger partial charge >= 0.3 is 11.9 Å². The van der Waals surface area contributed by atoms with Gasteiger partial charge in [-0.15, -0.1) is 0 Å². The van der Waals surface area contributed by atoms with Crippen LogP contribution >= 0.6 is 0 Å². The van der Waals surface area contributed by atoms with Crippen LogP contribution in [0.15, 0.2) is 0 Å². The van der Waals surface area contributed by atoms with Crippen molar-refractivity contribution in [2.75, 3.05) is 0 Å².